The van der Waals surface area contributed by atoms with Crippen molar-refractivity contribution in [3.05, 3.63) is 53.4 Å². The second-order valence-electron chi connectivity index (χ2n) is 4.09. The van der Waals surface area contributed by atoms with E-state index in [0.717, 1.165) is 12.1 Å². The lowest BCUT2D eigenvalue weighted by atomic mass is 10.2. The molecule has 1 aromatic carbocycles. The summed E-state index contributed by atoms with van der Waals surface area (Å²) in [5.74, 6) is -0.169. The molecule has 0 amide bonds. The molecule has 19 heavy (non-hydrogen) atoms. The number of halogens is 2. The summed E-state index contributed by atoms with van der Waals surface area (Å²) in [4.78, 5) is 5.89. The molecule has 1 aromatic heterocycles. The molecule has 0 spiro atoms. The SMILES string of the molecule is NCCCN(c1ccccc1)c1ncc(Cl)cc1F. The summed E-state index contributed by atoms with van der Waals surface area (Å²) < 4.78 is 14.0. The summed E-state index contributed by atoms with van der Waals surface area (Å²) in [7, 11) is 0. The number of nitrogens with two attached hydrogens (primary N) is 1. The second kappa shape index (κ2) is 6.50. The average Bonchev–Trinajstić information content (AvgIpc) is 2.42. The van der Waals surface area contributed by atoms with E-state index in [4.69, 9.17) is 17.3 Å². The third-order valence-electron chi connectivity index (χ3n) is 2.70. The van der Waals surface area contributed by atoms with Crippen molar-refractivity contribution in [2.45, 2.75) is 6.42 Å². The molecule has 0 fully saturated rings. The molecule has 0 unspecified atom stereocenters. The molecule has 2 N–H and O–H groups in total. The van der Waals surface area contributed by atoms with Gasteiger partial charge in [0.05, 0.1) is 5.02 Å². The monoisotopic (exact) mass is 279 g/mol. The van der Waals surface area contributed by atoms with Gasteiger partial charge in [0.1, 0.15) is 0 Å². The third kappa shape index (κ3) is 3.43. The highest BCUT2D eigenvalue weighted by Gasteiger charge is 2.15. The highest BCUT2D eigenvalue weighted by Crippen LogP contribution is 2.27. The fourth-order valence-corrected chi connectivity index (χ4v) is 1.97. The highest BCUT2D eigenvalue weighted by molar-refractivity contribution is 6.30. The van der Waals surface area contributed by atoms with E-state index in [2.05, 4.69) is 4.98 Å². The lowest BCUT2D eigenvalue weighted by molar-refractivity contribution is 0.616. The fraction of sp³-hybridized carbons (Fsp3) is 0.214. The normalized spacial score (nSPS) is 10.5. The Morgan fingerprint density at radius 1 is 1.26 bits per heavy atom. The second-order valence-corrected chi connectivity index (χ2v) is 4.52. The Balaban J connectivity index is 2.37. The van der Waals surface area contributed by atoms with E-state index >= 15 is 0 Å². The molecule has 0 bridgehead atoms. The number of aromatic nitrogens is 1. The highest BCUT2D eigenvalue weighted by atomic mass is 35.5. The van der Waals surface area contributed by atoms with Crippen molar-refractivity contribution >= 4 is 23.1 Å². The van der Waals surface area contributed by atoms with Gasteiger partial charge in [0.15, 0.2) is 11.6 Å². The van der Waals surface area contributed by atoms with E-state index in [1.807, 2.05) is 30.3 Å². The number of hydrogen-bond acceptors (Lipinski definition) is 3. The van der Waals surface area contributed by atoms with Crippen LogP contribution in [-0.2, 0) is 0 Å². The average molecular weight is 280 g/mol. The van der Waals surface area contributed by atoms with E-state index in [1.54, 1.807) is 4.90 Å². The van der Waals surface area contributed by atoms with Crippen molar-refractivity contribution in [1.29, 1.82) is 0 Å². The van der Waals surface area contributed by atoms with Crippen molar-refractivity contribution in [1.82, 2.24) is 4.98 Å². The van der Waals surface area contributed by atoms with Crippen LogP contribution in [0.15, 0.2) is 42.6 Å². The topological polar surface area (TPSA) is 42.1 Å². The third-order valence-corrected chi connectivity index (χ3v) is 2.90. The molecule has 1 heterocycles. The Morgan fingerprint density at radius 2 is 2.00 bits per heavy atom. The molecular weight excluding hydrogens is 265 g/mol. The molecule has 0 saturated heterocycles. The van der Waals surface area contributed by atoms with Crippen molar-refractivity contribution in [2.24, 2.45) is 5.73 Å². The summed E-state index contributed by atoms with van der Waals surface area (Å²) in [5, 5.41) is 0.285. The summed E-state index contributed by atoms with van der Waals surface area (Å²) in [5.41, 5.74) is 6.41. The van der Waals surface area contributed by atoms with Crippen LogP contribution in [0.2, 0.25) is 5.02 Å². The van der Waals surface area contributed by atoms with Gasteiger partial charge in [0, 0.05) is 18.4 Å². The van der Waals surface area contributed by atoms with E-state index in [9.17, 15) is 4.39 Å². The fourth-order valence-electron chi connectivity index (χ4n) is 1.82. The van der Waals surface area contributed by atoms with Gasteiger partial charge in [-0.05, 0) is 31.2 Å². The summed E-state index contributed by atoms with van der Waals surface area (Å²) in [6.45, 7) is 1.14. The number of hydrogen-bond donors (Lipinski definition) is 1. The minimum atomic E-state index is -0.437. The molecule has 2 aromatic rings. The first-order valence-corrected chi connectivity index (χ1v) is 6.44. The van der Waals surface area contributed by atoms with Gasteiger partial charge < -0.3 is 10.6 Å². The molecular formula is C14H15ClFN3. The van der Waals surface area contributed by atoms with Crippen LogP contribution in [0.3, 0.4) is 0 Å². The minimum Gasteiger partial charge on any atom is -0.330 e. The minimum absolute atomic E-state index is 0.268. The Bertz CT molecular complexity index is 533. The quantitative estimate of drug-likeness (QED) is 0.912. The first-order valence-electron chi connectivity index (χ1n) is 6.06. The first-order chi connectivity index (χ1) is 9.22. The lowest BCUT2D eigenvalue weighted by Gasteiger charge is -2.24. The van der Waals surface area contributed by atoms with Crippen LogP contribution in [0.4, 0.5) is 15.9 Å². The molecule has 100 valence electrons. The van der Waals surface area contributed by atoms with E-state index in [1.165, 1.54) is 12.3 Å². The summed E-state index contributed by atoms with van der Waals surface area (Å²) >= 11 is 5.73. The number of pyridine rings is 1. The Labute approximate surface area is 116 Å². The van der Waals surface area contributed by atoms with Gasteiger partial charge in [-0.1, -0.05) is 29.8 Å². The lowest BCUT2D eigenvalue weighted by Crippen LogP contribution is -2.22. The Kier molecular flexibility index (Phi) is 4.71. The summed E-state index contributed by atoms with van der Waals surface area (Å²) in [6, 6.07) is 10.8. The Hall–Kier alpha value is -1.65. The van der Waals surface area contributed by atoms with Crippen molar-refractivity contribution in [3.63, 3.8) is 0 Å². The molecule has 0 aliphatic carbocycles. The predicted octanol–water partition coefficient (Wildman–Crippen LogP) is 3.36. The molecule has 2 rings (SSSR count). The van der Waals surface area contributed by atoms with Gasteiger partial charge in [-0.15, -0.1) is 0 Å². The van der Waals surface area contributed by atoms with Gasteiger partial charge in [-0.25, -0.2) is 9.37 Å². The van der Waals surface area contributed by atoms with Crippen LogP contribution < -0.4 is 10.6 Å². The van der Waals surface area contributed by atoms with Crippen molar-refractivity contribution < 1.29 is 4.39 Å². The number of benzene rings is 1. The number of para-hydroxylation sites is 1. The maximum Gasteiger partial charge on any atom is 0.169 e. The zero-order valence-electron chi connectivity index (χ0n) is 10.4. The zero-order valence-corrected chi connectivity index (χ0v) is 11.1. The maximum absolute atomic E-state index is 14.0. The molecule has 0 radical (unpaired) electrons. The Morgan fingerprint density at radius 3 is 2.63 bits per heavy atom. The summed E-state index contributed by atoms with van der Waals surface area (Å²) in [6.07, 6.45) is 2.19. The molecule has 0 aliphatic rings. The first kappa shape index (κ1) is 13.8. The van der Waals surface area contributed by atoms with Gasteiger partial charge in [0.25, 0.3) is 0 Å². The van der Waals surface area contributed by atoms with Gasteiger partial charge in [-0.3, -0.25) is 0 Å². The zero-order chi connectivity index (χ0) is 13.7. The molecule has 0 atom stereocenters. The van der Waals surface area contributed by atoms with Crippen LogP contribution in [0, 0.1) is 5.82 Å². The van der Waals surface area contributed by atoms with Crippen molar-refractivity contribution in [2.75, 3.05) is 18.0 Å². The molecule has 0 saturated carbocycles. The molecule has 5 heteroatoms. The van der Waals surface area contributed by atoms with Crippen LogP contribution in [0.25, 0.3) is 0 Å². The smallest absolute Gasteiger partial charge is 0.169 e. The van der Waals surface area contributed by atoms with Gasteiger partial charge in [-0.2, -0.15) is 0 Å². The van der Waals surface area contributed by atoms with E-state index in [0.29, 0.717) is 13.1 Å². The van der Waals surface area contributed by atoms with Gasteiger partial charge >= 0.3 is 0 Å². The van der Waals surface area contributed by atoms with E-state index < -0.39 is 5.82 Å². The maximum atomic E-state index is 14.0. The van der Waals surface area contributed by atoms with Crippen LogP contribution in [0.1, 0.15) is 6.42 Å². The number of rotatable bonds is 5. The van der Waals surface area contributed by atoms with Gasteiger partial charge in [0.2, 0.25) is 0 Å². The number of anilines is 2. The van der Waals surface area contributed by atoms with Crippen molar-refractivity contribution in [3.8, 4) is 0 Å². The number of nitrogens with zero attached hydrogens (tertiary/aromatic N) is 2. The molecule has 0 aliphatic heterocycles. The van der Waals surface area contributed by atoms with Crippen LogP contribution in [0.5, 0.6) is 0 Å². The van der Waals surface area contributed by atoms with E-state index in [-0.39, 0.29) is 10.8 Å². The predicted molar refractivity (Wildman–Crippen MR) is 76.3 cm³/mol. The largest absolute Gasteiger partial charge is 0.330 e. The molecule has 3 nitrogen and oxygen atoms in total. The van der Waals surface area contributed by atoms with Crippen LogP contribution in [-0.4, -0.2) is 18.1 Å². The van der Waals surface area contributed by atoms with Crippen LogP contribution >= 0.6 is 11.6 Å². The standard InChI is InChI=1S/C14H15ClFN3/c15-11-9-13(16)14(18-10-11)19(8-4-7-17)12-5-2-1-3-6-12/h1-3,5-6,9-10H,4,7-8,17H2.